The number of benzene rings is 1. The molecule has 0 radical (unpaired) electrons. The highest BCUT2D eigenvalue weighted by Crippen LogP contribution is 2.25. The first kappa shape index (κ1) is 13.8. The maximum Gasteiger partial charge on any atom is 0.336 e. The minimum Gasteiger partial charge on any atom is -0.478 e. The Morgan fingerprint density at radius 1 is 1.38 bits per heavy atom. The summed E-state index contributed by atoms with van der Waals surface area (Å²) in [7, 11) is 0. The highest BCUT2D eigenvalue weighted by molar-refractivity contribution is 7.98. The summed E-state index contributed by atoms with van der Waals surface area (Å²) in [6.07, 6.45) is 0. The summed E-state index contributed by atoms with van der Waals surface area (Å²) >= 11 is 2.62. The minimum atomic E-state index is -0.968. The number of thioether (sulfide) groups is 1. The second-order valence-electron chi connectivity index (χ2n) is 4.11. The number of nitrogens with zero attached hydrogens (tertiary/aromatic N) is 3. The van der Waals surface area contributed by atoms with Crippen molar-refractivity contribution in [2.45, 2.75) is 10.6 Å². The maximum absolute atomic E-state index is 11.8. The molecule has 106 valence electrons. The smallest absolute Gasteiger partial charge is 0.336 e. The molecule has 0 aliphatic rings. The molecule has 2 heterocycles. The van der Waals surface area contributed by atoms with E-state index in [9.17, 15) is 9.59 Å². The second kappa shape index (κ2) is 5.66. The topological polar surface area (TPSA) is 84.6 Å². The Morgan fingerprint density at radius 2 is 2.19 bits per heavy atom. The van der Waals surface area contributed by atoms with Crippen LogP contribution in [0.25, 0.3) is 4.96 Å². The van der Waals surface area contributed by atoms with Crippen LogP contribution in [0.2, 0.25) is 0 Å². The summed E-state index contributed by atoms with van der Waals surface area (Å²) in [5, 5.41) is 13.0. The van der Waals surface area contributed by atoms with E-state index >= 15 is 0 Å². The first-order valence-electron chi connectivity index (χ1n) is 5.93. The molecule has 0 saturated carbocycles. The predicted octanol–water partition coefficient (Wildman–Crippen LogP) is 2.14. The van der Waals surface area contributed by atoms with E-state index in [-0.39, 0.29) is 11.1 Å². The zero-order valence-electron chi connectivity index (χ0n) is 10.6. The molecular formula is C13H9N3O3S2. The fourth-order valence-corrected chi connectivity index (χ4v) is 3.38. The highest BCUT2D eigenvalue weighted by atomic mass is 32.2. The molecule has 0 saturated heterocycles. The fourth-order valence-electron chi connectivity index (χ4n) is 1.80. The zero-order chi connectivity index (χ0) is 14.8. The second-order valence-corrected chi connectivity index (χ2v) is 5.94. The van der Waals surface area contributed by atoms with Crippen LogP contribution in [-0.4, -0.2) is 25.7 Å². The third kappa shape index (κ3) is 2.81. The number of aromatic nitrogens is 3. The lowest BCUT2D eigenvalue weighted by atomic mass is 10.2. The van der Waals surface area contributed by atoms with Gasteiger partial charge in [0, 0.05) is 16.7 Å². The van der Waals surface area contributed by atoms with Crippen molar-refractivity contribution in [3.8, 4) is 0 Å². The van der Waals surface area contributed by atoms with Crippen molar-refractivity contribution in [2.24, 2.45) is 0 Å². The predicted molar refractivity (Wildman–Crippen MR) is 80.1 cm³/mol. The van der Waals surface area contributed by atoms with Gasteiger partial charge in [-0.1, -0.05) is 23.5 Å². The molecule has 1 N–H and O–H groups in total. The van der Waals surface area contributed by atoms with Gasteiger partial charge in [-0.3, -0.25) is 4.79 Å². The normalized spacial score (nSPS) is 10.9. The van der Waals surface area contributed by atoms with Crippen LogP contribution in [-0.2, 0) is 5.75 Å². The fraction of sp³-hybridized carbons (Fsp3) is 0.0769. The summed E-state index contributed by atoms with van der Waals surface area (Å²) in [4.78, 5) is 28.5. The van der Waals surface area contributed by atoms with Crippen LogP contribution in [0.3, 0.4) is 0 Å². The number of carboxylic acid groups (broad SMARTS) is 1. The van der Waals surface area contributed by atoms with E-state index in [1.807, 2.05) is 0 Å². The first-order valence-corrected chi connectivity index (χ1v) is 7.79. The Bertz CT molecular complexity index is 872. The molecule has 3 aromatic rings. The maximum atomic E-state index is 11.8. The van der Waals surface area contributed by atoms with Crippen LogP contribution >= 0.6 is 23.1 Å². The molecule has 0 fully saturated rings. The Kier molecular flexibility index (Phi) is 3.72. The molecule has 0 spiro atoms. The summed E-state index contributed by atoms with van der Waals surface area (Å²) < 4.78 is 1.24. The van der Waals surface area contributed by atoms with Crippen molar-refractivity contribution in [3.05, 3.63) is 57.5 Å². The van der Waals surface area contributed by atoms with Gasteiger partial charge in [-0.15, -0.1) is 11.8 Å². The number of hydrogen-bond donors (Lipinski definition) is 1. The Hall–Kier alpha value is -2.19. The summed E-state index contributed by atoms with van der Waals surface area (Å²) in [5.41, 5.74) is 2.18. The van der Waals surface area contributed by atoms with Crippen LogP contribution < -0.4 is 5.56 Å². The molecule has 0 atom stereocenters. The van der Waals surface area contributed by atoms with Crippen molar-refractivity contribution in [1.82, 2.24) is 14.6 Å². The van der Waals surface area contributed by atoms with Gasteiger partial charge < -0.3 is 5.11 Å². The number of fused-ring (bicyclic) bond motifs is 1. The molecule has 0 bridgehead atoms. The molecule has 21 heavy (non-hydrogen) atoms. The summed E-state index contributed by atoms with van der Waals surface area (Å²) in [6.45, 7) is 0. The minimum absolute atomic E-state index is 0.233. The van der Waals surface area contributed by atoms with E-state index in [4.69, 9.17) is 5.11 Å². The van der Waals surface area contributed by atoms with Gasteiger partial charge in [0.25, 0.3) is 5.56 Å². The summed E-state index contributed by atoms with van der Waals surface area (Å²) in [5.74, 6) is -0.544. The third-order valence-electron chi connectivity index (χ3n) is 2.73. The first-order chi connectivity index (χ1) is 10.1. The van der Waals surface area contributed by atoms with Gasteiger partial charge in [-0.2, -0.15) is 9.61 Å². The molecule has 6 nitrogen and oxygen atoms in total. The van der Waals surface area contributed by atoms with Crippen molar-refractivity contribution in [3.63, 3.8) is 0 Å². The van der Waals surface area contributed by atoms with Crippen molar-refractivity contribution >= 4 is 34.0 Å². The van der Waals surface area contributed by atoms with Crippen LogP contribution in [0, 0.1) is 0 Å². The highest BCUT2D eigenvalue weighted by Gasteiger charge is 2.11. The SMILES string of the molecule is O=C(O)c1ccccc1SCc1cc(=O)n2ncsc2n1. The molecule has 0 aliphatic heterocycles. The molecule has 8 heteroatoms. The molecular weight excluding hydrogens is 310 g/mol. The van der Waals surface area contributed by atoms with Crippen LogP contribution in [0.4, 0.5) is 0 Å². The van der Waals surface area contributed by atoms with E-state index in [1.165, 1.54) is 33.7 Å². The third-order valence-corrected chi connectivity index (χ3v) is 4.51. The quantitative estimate of drug-likeness (QED) is 0.742. The standard InChI is InChI=1S/C13H9N3O3S2/c17-11-5-8(15-13-16(11)14-7-21-13)6-20-10-4-2-1-3-9(10)12(18)19/h1-5,7H,6H2,(H,18,19). The molecule has 0 unspecified atom stereocenters. The number of rotatable bonds is 4. The Labute approximate surface area is 127 Å². The van der Waals surface area contributed by atoms with Gasteiger partial charge in [0.15, 0.2) is 0 Å². The lowest BCUT2D eigenvalue weighted by Crippen LogP contribution is -2.14. The van der Waals surface area contributed by atoms with Gasteiger partial charge in [0.2, 0.25) is 4.96 Å². The van der Waals surface area contributed by atoms with Crippen molar-refractivity contribution < 1.29 is 9.90 Å². The average Bonchev–Trinajstić information content (AvgIpc) is 2.94. The van der Waals surface area contributed by atoms with Crippen LogP contribution in [0.5, 0.6) is 0 Å². The Morgan fingerprint density at radius 3 is 3.00 bits per heavy atom. The monoisotopic (exact) mass is 319 g/mol. The lowest BCUT2D eigenvalue weighted by molar-refractivity contribution is 0.0693. The van der Waals surface area contributed by atoms with Crippen molar-refractivity contribution in [2.75, 3.05) is 0 Å². The molecule has 0 amide bonds. The summed E-state index contributed by atoms with van der Waals surface area (Å²) in [6, 6.07) is 8.18. The average molecular weight is 319 g/mol. The van der Waals surface area contributed by atoms with E-state index in [0.29, 0.717) is 21.3 Å². The molecule has 2 aromatic heterocycles. The van der Waals surface area contributed by atoms with E-state index < -0.39 is 5.97 Å². The lowest BCUT2D eigenvalue weighted by Gasteiger charge is -2.05. The number of carboxylic acids is 1. The molecule has 0 aliphatic carbocycles. The van der Waals surface area contributed by atoms with Gasteiger partial charge in [-0.05, 0) is 12.1 Å². The van der Waals surface area contributed by atoms with Gasteiger partial charge in [0.1, 0.15) is 5.51 Å². The number of carbonyl (C=O) groups is 1. The molecule has 1 aromatic carbocycles. The van der Waals surface area contributed by atoms with Gasteiger partial charge in [-0.25, -0.2) is 9.78 Å². The van der Waals surface area contributed by atoms with E-state index in [0.717, 1.165) is 0 Å². The zero-order valence-corrected chi connectivity index (χ0v) is 12.2. The van der Waals surface area contributed by atoms with Crippen molar-refractivity contribution in [1.29, 1.82) is 0 Å². The Balaban J connectivity index is 1.87. The van der Waals surface area contributed by atoms with E-state index in [1.54, 1.807) is 29.8 Å². The number of aromatic carboxylic acids is 1. The van der Waals surface area contributed by atoms with Gasteiger partial charge >= 0.3 is 5.97 Å². The van der Waals surface area contributed by atoms with E-state index in [2.05, 4.69) is 10.1 Å². The van der Waals surface area contributed by atoms with Crippen LogP contribution in [0.15, 0.2) is 45.5 Å². The molecule has 3 rings (SSSR count). The largest absolute Gasteiger partial charge is 0.478 e. The van der Waals surface area contributed by atoms with Gasteiger partial charge in [0.05, 0.1) is 11.3 Å². The number of hydrogen-bond acceptors (Lipinski definition) is 6. The van der Waals surface area contributed by atoms with Crippen LogP contribution in [0.1, 0.15) is 16.1 Å².